The first-order valence-corrected chi connectivity index (χ1v) is 10.2. The molecule has 30 heavy (non-hydrogen) atoms. The van der Waals surface area contributed by atoms with Gasteiger partial charge in [0.25, 0.3) is 0 Å². The van der Waals surface area contributed by atoms with E-state index < -0.39 is 0 Å². The monoisotopic (exact) mass is 407 g/mol. The zero-order valence-corrected chi connectivity index (χ0v) is 17.2. The van der Waals surface area contributed by atoms with Gasteiger partial charge in [-0.3, -0.25) is 14.9 Å². The van der Waals surface area contributed by atoms with E-state index in [2.05, 4.69) is 38.0 Å². The minimum absolute atomic E-state index is 0.121. The molecule has 2 fully saturated rings. The van der Waals surface area contributed by atoms with Gasteiger partial charge in [-0.15, -0.1) is 0 Å². The van der Waals surface area contributed by atoms with E-state index in [4.69, 9.17) is 9.72 Å². The summed E-state index contributed by atoms with van der Waals surface area (Å²) in [5.74, 6) is 1.00. The second-order valence-corrected chi connectivity index (χ2v) is 7.88. The molecule has 0 aliphatic carbocycles. The molecule has 9 heteroatoms. The van der Waals surface area contributed by atoms with Gasteiger partial charge in [0.15, 0.2) is 0 Å². The lowest BCUT2D eigenvalue weighted by molar-refractivity contribution is -0.129. The first-order chi connectivity index (χ1) is 14.6. The third-order valence-electron chi connectivity index (χ3n) is 5.91. The van der Waals surface area contributed by atoms with Crippen LogP contribution in [-0.4, -0.2) is 83.5 Å². The molecule has 2 aliphatic heterocycles. The lowest BCUT2D eigenvalue weighted by Gasteiger charge is -2.37. The van der Waals surface area contributed by atoms with Crippen molar-refractivity contribution in [1.82, 2.24) is 25.1 Å². The van der Waals surface area contributed by atoms with Crippen molar-refractivity contribution >= 4 is 28.3 Å². The van der Waals surface area contributed by atoms with Crippen LogP contribution in [0.25, 0.3) is 22.3 Å². The number of rotatable bonds is 3. The zero-order valence-electron chi connectivity index (χ0n) is 17.2. The van der Waals surface area contributed by atoms with Crippen LogP contribution in [0.2, 0.25) is 0 Å². The summed E-state index contributed by atoms with van der Waals surface area (Å²) < 4.78 is 5.62. The Morgan fingerprint density at radius 3 is 2.87 bits per heavy atom. The lowest BCUT2D eigenvalue weighted by atomic mass is 10.1. The molecule has 0 spiro atoms. The number of anilines is 2. The van der Waals surface area contributed by atoms with E-state index in [-0.39, 0.29) is 11.9 Å². The second-order valence-electron chi connectivity index (χ2n) is 7.88. The fourth-order valence-electron chi connectivity index (χ4n) is 4.15. The Balaban J connectivity index is 1.69. The minimum Gasteiger partial charge on any atom is -0.377 e. The number of carbonyl (C=O) groups is 1. The molecule has 9 nitrogen and oxygen atoms in total. The highest BCUT2D eigenvalue weighted by Gasteiger charge is 2.27. The zero-order chi connectivity index (χ0) is 20.7. The molecule has 0 bridgehead atoms. The van der Waals surface area contributed by atoms with Crippen molar-refractivity contribution in [2.24, 2.45) is 0 Å². The van der Waals surface area contributed by atoms with Crippen LogP contribution in [0.3, 0.4) is 0 Å². The van der Waals surface area contributed by atoms with Gasteiger partial charge < -0.3 is 19.4 Å². The highest BCUT2D eigenvalue weighted by atomic mass is 16.5. The van der Waals surface area contributed by atoms with Gasteiger partial charge in [-0.2, -0.15) is 5.10 Å². The predicted molar refractivity (Wildman–Crippen MR) is 115 cm³/mol. The molecular weight excluding hydrogens is 382 g/mol. The van der Waals surface area contributed by atoms with Gasteiger partial charge in [0.1, 0.15) is 17.0 Å². The van der Waals surface area contributed by atoms with Crippen molar-refractivity contribution in [3.8, 4) is 11.4 Å². The highest BCUT2D eigenvalue weighted by molar-refractivity contribution is 6.01. The van der Waals surface area contributed by atoms with Gasteiger partial charge in [0.05, 0.1) is 37.2 Å². The fourth-order valence-corrected chi connectivity index (χ4v) is 4.15. The standard InChI is InChI=1S/C21H25N7O2/c1-14-13-30-10-9-28(14)18-11-17(27-8-7-26(2)19(29)12-27)15-3-5-22-21(20(15)24-18)16-4-6-23-25-16/h3-6,11,14H,7-10,12-13H2,1-2H3,(H,23,25). The number of morpholine rings is 1. The van der Waals surface area contributed by atoms with Crippen LogP contribution in [0.4, 0.5) is 11.5 Å². The number of amides is 1. The van der Waals surface area contributed by atoms with Crippen LogP contribution < -0.4 is 9.80 Å². The smallest absolute Gasteiger partial charge is 0.241 e. The molecule has 0 radical (unpaired) electrons. The summed E-state index contributed by atoms with van der Waals surface area (Å²) in [6.45, 7) is 6.10. The molecular formula is C21H25N7O2. The molecule has 156 valence electrons. The molecule has 5 rings (SSSR count). The van der Waals surface area contributed by atoms with Gasteiger partial charge in [0, 0.05) is 50.5 Å². The number of likely N-dealkylation sites (N-methyl/N-ethyl adjacent to an activating group) is 1. The molecule has 1 N–H and O–H groups in total. The van der Waals surface area contributed by atoms with Crippen LogP contribution in [0.15, 0.2) is 30.6 Å². The molecule has 3 aromatic heterocycles. The SMILES string of the molecule is CC1COCCN1c1cc(N2CCN(C)C(=O)C2)c2ccnc(-c3ccn[nH]3)c2n1. The Morgan fingerprint density at radius 2 is 2.10 bits per heavy atom. The normalized spacial score (nSPS) is 20.3. The van der Waals surface area contributed by atoms with Gasteiger partial charge in [-0.1, -0.05) is 0 Å². The van der Waals surface area contributed by atoms with Crippen molar-refractivity contribution in [2.45, 2.75) is 13.0 Å². The Bertz CT molecular complexity index is 1070. The fraction of sp³-hybridized carbons (Fsp3) is 0.429. The first kappa shape index (κ1) is 18.8. The quantitative estimate of drug-likeness (QED) is 0.704. The first-order valence-electron chi connectivity index (χ1n) is 10.2. The van der Waals surface area contributed by atoms with Crippen molar-refractivity contribution in [2.75, 3.05) is 56.2 Å². The molecule has 2 aliphatic rings. The van der Waals surface area contributed by atoms with E-state index in [9.17, 15) is 4.79 Å². The van der Waals surface area contributed by atoms with Gasteiger partial charge >= 0.3 is 0 Å². The molecule has 0 aromatic carbocycles. The Hall–Kier alpha value is -3.20. The van der Waals surface area contributed by atoms with E-state index >= 15 is 0 Å². The number of nitrogens with one attached hydrogen (secondary N) is 1. The van der Waals surface area contributed by atoms with Crippen molar-refractivity contribution in [3.63, 3.8) is 0 Å². The van der Waals surface area contributed by atoms with Crippen molar-refractivity contribution in [1.29, 1.82) is 0 Å². The van der Waals surface area contributed by atoms with Crippen LogP contribution in [0.5, 0.6) is 0 Å². The van der Waals surface area contributed by atoms with E-state index in [1.165, 1.54) is 0 Å². The van der Waals surface area contributed by atoms with Crippen LogP contribution in [0.1, 0.15) is 6.92 Å². The maximum Gasteiger partial charge on any atom is 0.241 e. The topological polar surface area (TPSA) is 90.5 Å². The van der Waals surface area contributed by atoms with E-state index in [1.54, 1.807) is 17.3 Å². The third-order valence-corrected chi connectivity index (χ3v) is 5.91. The third kappa shape index (κ3) is 3.24. The highest BCUT2D eigenvalue weighted by Crippen LogP contribution is 2.35. The summed E-state index contributed by atoms with van der Waals surface area (Å²) in [5, 5.41) is 8.07. The number of aromatic nitrogens is 4. The minimum atomic E-state index is 0.121. The molecule has 2 saturated heterocycles. The van der Waals surface area contributed by atoms with Crippen molar-refractivity contribution < 1.29 is 9.53 Å². The van der Waals surface area contributed by atoms with Crippen LogP contribution in [0, 0.1) is 0 Å². The number of aromatic amines is 1. The summed E-state index contributed by atoms with van der Waals surface area (Å²) >= 11 is 0. The largest absolute Gasteiger partial charge is 0.377 e. The van der Waals surface area contributed by atoms with Crippen LogP contribution in [-0.2, 0) is 9.53 Å². The average Bonchev–Trinajstić information content (AvgIpc) is 3.29. The number of fused-ring (bicyclic) bond motifs is 1. The molecule has 1 amide bonds. The van der Waals surface area contributed by atoms with E-state index in [0.717, 1.165) is 46.9 Å². The summed E-state index contributed by atoms with van der Waals surface area (Å²) in [6.07, 6.45) is 3.50. The molecule has 0 saturated carbocycles. The second kappa shape index (κ2) is 7.56. The molecule has 5 heterocycles. The number of ether oxygens (including phenoxy) is 1. The lowest BCUT2D eigenvalue weighted by Crippen LogP contribution is -2.49. The maximum absolute atomic E-state index is 12.4. The summed E-state index contributed by atoms with van der Waals surface area (Å²) in [6, 6.07) is 6.21. The summed E-state index contributed by atoms with van der Waals surface area (Å²) in [5.41, 5.74) is 3.40. The van der Waals surface area contributed by atoms with Crippen LogP contribution >= 0.6 is 0 Å². The number of H-pyrrole nitrogens is 1. The Kier molecular flexibility index (Phi) is 4.74. The maximum atomic E-state index is 12.4. The summed E-state index contributed by atoms with van der Waals surface area (Å²) in [7, 11) is 1.85. The Labute approximate surface area is 174 Å². The number of nitrogens with zero attached hydrogens (tertiary/aromatic N) is 6. The average molecular weight is 407 g/mol. The number of hydrogen-bond donors (Lipinski definition) is 1. The van der Waals surface area contributed by atoms with E-state index in [0.29, 0.717) is 26.3 Å². The number of hydrogen-bond acceptors (Lipinski definition) is 7. The Morgan fingerprint density at radius 1 is 1.20 bits per heavy atom. The number of pyridine rings is 2. The molecule has 1 atom stereocenters. The van der Waals surface area contributed by atoms with Gasteiger partial charge in [-0.05, 0) is 19.1 Å². The summed E-state index contributed by atoms with van der Waals surface area (Å²) in [4.78, 5) is 28.3. The number of piperazine rings is 1. The van der Waals surface area contributed by atoms with E-state index in [1.807, 2.05) is 19.2 Å². The van der Waals surface area contributed by atoms with Gasteiger partial charge in [0.2, 0.25) is 5.91 Å². The van der Waals surface area contributed by atoms with Gasteiger partial charge in [-0.25, -0.2) is 4.98 Å². The van der Waals surface area contributed by atoms with Crippen molar-refractivity contribution in [3.05, 3.63) is 30.6 Å². The molecule has 3 aromatic rings. The molecule has 1 unspecified atom stereocenters. The number of carbonyl (C=O) groups excluding carboxylic acids is 1. The predicted octanol–water partition coefficient (Wildman–Crippen LogP) is 1.52.